The Balaban J connectivity index is 1.84. The number of amides is 1. The van der Waals surface area contributed by atoms with Gasteiger partial charge in [0.25, 0.3) is 0 Å². The summed E-state index contributed by atoms with van der Waals surface area (Å²) < 4.78 is 22.3. The van der Waals surface area contributed by atoms with Crippen LogP contribution in [0.2, 0.25) is 0 Å². The molecule has 114 valence electrons. The SMILES string of the molecule is CS(=O)(=O)Cc1ccc(CNC(=O)C2CC2C(=O)O)cc1. The molecule has 7 heteroatoms. The van der Waals surface area contributed by atoms with E-state index >= 15 is 0 Å². The first kappa shape index (κ1) is 15.5. The lowest BCUT2D eigenvalue weighted by atomic mass is 10.1. The highest BCUT2D eigenvalue weighted by Crippen LogP contribution is 2.38. The summed E-state index contributed by atoms with van der Waals surface area (Å²) in [5.74, 6) is -2.17. The minimum Gasteiger partial charge on any atom is -0.481 e. The monoisotopic (exact) mass is 311 g/mol. The molecule has 1 fully saturated rings. The molecule has 0 spiro atoms. The number of carboxylic acid groups (broad SMARTS) is 1. The van der Waals surface area contributed by atoms with Gasteiger partial charge in [-0.25, -0.2) is 8.42 Å². The van der Waals surface area contributed by atoms with E-state index in [4.69, 9.17) is 5.11 Å². The number of carbonyl (C=O) groups excluding carboxylic acids is 1. The van der Waals surface area contributed by atoms with Gasteiger partial charge in [-0.15, -0.1) is 0 Å². The van der Waals surface area contributed by atoms with Gasteiger partial charge in [-0.2, -0.15) is 0 Å². The molecule has 0 aromatic heterocycles. The van der Waals surface area contributed by atoms with Crippen LogP contribution < -0.4 is 5.32 Å². The number of carboxylic acids is 1. The fourth-order valence-electron chi connectivity index (χ4n) is 2.13. The number of rotatable bonds is 6. The smallest absolute Gasteiger partial charge is 0.307 e. The molecule has 0 aliphatic heterocycles. The number of carbonyl (C=O) groups is 2. The molecule has 21 heavy (non-hydrogen) atoms. The van der Waals surface area contributed by atoms with Crippen molar-refractivity contribution in [2.24, 2.45) is 11.8 Å². The van der Waals surface area contributed by atoms with Crippen LogP contribution in [0.4, 0.5) is 0 Å². The summed E-state index contributed by atoms with van der Waals surface area (Å²) in [6.45, 7) is 0.306. The van der Waals surface area contributed by atoms with Crippen LogP contribution in [0.1, 0.15) is 17.5 Å². The van der Waals surface area contributed by atoms with Crippen molar-refractivity contribution in [2.75, 3.05) is 6.26 Å². The van der Waals surface area contributed by atoms with Crippen LogP contribution >= 0.6 is 0 Å². The number of nitrogens with one attached hydrogen (secondary N) is 1. The quantitative estimate of drug-likeness (QED) is 0.800. The van der Waals surface area contributed by atoms with Gasteiger partial charge >= 0.3 is 5.97 Å². The maximum absolute atomic E-state index is 11.7. The van der Waals surface area contributed by atoms with E-state index in [1.807, 2.05) is 0 Å². The molecule has 2 unspecified atom stereocenters. The van der Waals surface area contributed by atoms with E-state index in [2.05, 4.69) is 5.32 Å². The standard InChI is InChI=1S/C14H17NO5S/c1-21(19,20)8-10-4-2-9(3-5-10)7-15-13(16)11-6-12(11)14(17)18/h2-5,11-12H,6-8H2,1H3,(H,15,16)(H,17,18). The summed E-state index contributed by atoms with van der Waals surface area (Å²) in [5.41, 5.74) is 1.54. The van der Waals surface area contributed by atoms with E-state index in [1.165, 1.54) is 6.26 Å². The Morgan fingerprint density at radius 1 is 1.19 bits per heavy atom. The number of hydrogen-bond acceptors (Lipinski definition) is 4. The fourth-order valence-corrected chi connectivity index (χ4v) is 2.93. The van der Waals surface area contributed by atoms with Crippen molar-refractivity contribution in [3.8, 4) is 0 Å². The lowest BCUT2D eigenvalue weighted by molar-refractivity contribution is -0.140. The van der Waals surface area contributed by atoms with Crippen LogP contribution in [0.15, 0.2) is 24.3 Å². The molecule has 2 rings (SSSR count). The van der Waals surface area contributed by atoms with Crippen molar-refractivity contribution in [1.82, 2.24) is 5.32 Å². The largest absolute Gasteiger partial charge is 0.481 e. The van der Waals surface area contributed by atoms with Crippen molar-refractivity contribution < 1.29 is 23.1 Å². The Hall–Kier alpha value is -1.89. The Labute approximate surface area is 123 Å². The van der Waals surface area contributed by atoms with Crippen molar-refractivity contribution in [1.29, 1.82) is 0 Å². The second-order valence-electron chi connectivity index (χ2n) is 5.39. The molecule has 0 heterocycles. The van der Waals surface area contributed by atoms with Gasteiger partial charge in [0.2, 0.25) is 5.91 Å². The van der Waals surface area contributed by atoms with Crippen LogP contribution in [-0.4, -0.2) is 31.7 Å². The normalized spacial score (nSPS) is 20.8. The molecule has 2 atom stereocenters. The van der Waals surface area contributed by atoms with Crippen LogP contribution in [-0.2, 0) is 31.7 Å². The highest BCUT2D eigenvalue weighted by atomic mass is 32.2. The van der Waals surface area contributed by atoms with Gasteiger partial charge in [-0.3, -0.25) is 9.59 Å². The summed E-state index contributed by atoms with van der Waals surface area (Å²) in [6.07, 6.45) is 1.57. The third-order valence-corrected chi connectivity index (χ3v) is 4.22. The average Bonchev–Trinajstić information content (AvgIpc) is 3.16. The Bertz CT molecular complexity index is 650. The molecule has 1 aromatic rings. The van der Waals surface area contributed by atoms with Gasteiger partial charge in [-0.05, 0) is 17.5 Å². The van der Waals surface area contributed by atoms with E-state index in [-0.39, 0.29) is 11.7 Å². The molecule has 1 aromatic carbocycles. The first-order chi connectivity index (χ1) is 9.76. The average molecular weight is 311 g/mol. The molecule has 0 bridgehead atoms. The van der Waals surface area contributed by atoms with E-state index in [0.717, 1.165) is 5.56 Å². The summed E-state index contributed by atoms with van der Waals surface area (Å²) in [6, 6.07) is 6.92. The molecular formula is C14H17NO5S. The second kappa shape index (κ2) is 5.85. The van der Waals surface area contributed by atoms with Crippen LogP contribution in [0.25, 0.3) is 0 Å². The fraction of sp³-hybridized carbons (Fsp3) is 0.429. The Morgan fingerprint density at radius 3 is 2.24 bits per heavy atom. The van der Waals surface area contributed by atoms with Crippen LogP contribution in [0.3, 0.4) is 0 Å². The molecule has 1 aliphatic rings. The molecule has 1 aliphatic carbocycles. The zero-order valence-corrected chi connectivity index (χ0v) is 12.4. The maximum atomic E-state index is 11.7. The first-order valence-corrected chi connectivity index (χ1v) is 8.58. The Morgan fingerprint density at radius 2 is 1.76 bits per heavy atom. The zero-order valence-electron chi connectivity index (χ0n) is 11.6. The van der Waals surface area contributed by atoms with Crippen LogP contribution in [0, 0.1) is 11.8 Å². The second-order valence-corrected chi connectivity index (χ2v) is 7.53. The van der Waals surface area contributed by atoms with Gasteiger partial charge in [0.15, 0.2) is 9.84 Å². The Kier molecular flexibility index (Phi) is 4.32. The third kappa shape index (κ3) is 4.56. The van der Waals surface area contributed by atoms with Gasteiger partial charge in [-0.1, -0.05) is 24.3 Å². The summed E-state index contributed by atoms with van der Waals surface area (Å²) in [7, 11) is -3.06. The van der Waals surface area contributed by atoms with Gasteiger partial charge in [0.05, 0.1) is 17.6 Å². The lowest BCUT2D eigenvalue weighted by Gasteiger charge is -2.06. The van der Waals surface area contributed by atoms with E-state index < -0.39 is 27.6 Å². The van der Waals surface area contributed by atoms with Crippen LogP contribution in [0.5, 0.6) is 0 Å². The lowest BCUT2D eigenvalue weighted by Crippen LogP contribution is -2.25. The van der Waals surface area contributed by atoms with Crippen molar-refractivity contribution in [2.45, 2.75) is 18.7 Å². The van der Waals surface area contributed by atoms with E-state index in [0.29, 0.717) is 18.5 Å². The predicted octanol–water partition coefficient (Wildman–Crippen LogP) is 0.568. The number of benzene rings is 1. The van der Waals surface area contributed by atoms with Crippen molar-refractivity contribution in [3.63, 3.8) is 0 Å². The summed E-state index contributed by atoms with van der Waals surface area (Å²) in [4.78, 5) is 22.4. The molecule has 2 N–H and O–H groups in total. The third-order valence-electron chi connectivity index (χ3n) is 3.36. The van der Waals surface area contributed by atoms with Gasteiger partial charge in [0.1, 0.15) is 0 Å². The predicted molar refractivity (Wildman–Crippen MR) is 76.1 cm³/mol. The molecule has 0 radical (unpaired) electrons. The molecule has 1 amide bonds. The molecule has 6 nitrogen and oxygen atoms in total. The summed E-state index contributed by atoms with van der Waals surface area (Å²) in [5, 5.41) is 11.4. The highest BCUT2D eigenvalue weighted by molar-refractivity contribution is 7.89. The highest BCUT2D eigenvalue weighted by Gasteiger charge is 2.48. The first-order valence-electron chi connectivity index (χ1n) is 6.52. The molecular weight excluding hydrogens is 294 g/mol. The minimum atomic E-state index is -3.06. The summed E-state index contributed by atoms with van der Waals surface area (Å²) >= 11 is 0. The maximum Gasteiger partial charge on any atom is 0.307 e. The molecule has 1 saturated carbocycles. The van der Waals surface area contributed by atoms with Crippen molar-refractivity contribution in [3.05, 3.63) is 35.4 Å². The number of sulfone groups is 1. The number of hydrogen-bond donors (Lipinski definition) is 2. The zero-order chi connectivity index (χ0) is 15.6. The van der Waals surface area contributed by atoms with Gasteiger partial charge < -0.3 is 10.4 Å². The van der Waals surface area contributed by atoms with Crippen molar-refractivity contribution >= 4 is 21.7 Å². The van der Waals surface area contributed by atoms with E-state index in [1.54, 1.807) is 24.3 Å². The van der Waals surface area contributed by atoms with E-state index in [9.17, 15) is 18.0 Å². The number of aliphatic carboxylic acids is 1. The molecule has 0 saturated heterocycles. The minimum absolute atomic E-state index is 0.0119. The topological polar surface area (TPSA) is 101 Å². The van der Waals surface area contributed by atoms with Gasteiger partial charge in [0, 0.05) is 12.8 Å².